The zero-order chi connectivity index (χ0) is 12.8. The van der Waals surface area contributed by atoms with Gasteiger partial charge in [0.25, 0.3) is 0 Å². The van der Waals surface area contributed by atoms with E-state index in [9.17, 15) is 4.79 Å². The molecule has 0 spiro atoms. The van der Waals surface area contributed by atoms with Gasteiger partial charge in [-0.1, -0.05) is 13.8 Å². The second-order valence-corrected chi connectivity index (χ2v) is 5.75. The largest absolute Gasteiger partial charge is 0.351 e. The molecule has 4 nitrogen and oxygen atoms in total. The van der Waals surface area contributed by atoms with Crippen LogP contribution in [0.25, 0.3) is 0 Å². The molecule has 0 aromatic heterocycles. The molecule has 2 atom stereocenters. The van der Waals surface area contributed by atoms with E-state index in [4.69, 9.17) is 0 Å². The number of likely N-dealkylation sites (N-methyl/N-ethyl adjacent to an activating group) is 1. The van der Waals surface area contributed by atoms with Crippen molar-refractivity contribution >= 4 is 5.91 Å². The molecule has 1 rings (SSSR count). The van der Waals surface area contributed by atoms with Crippen LogP contribution in [0, 0.1) is 5.92 Å². The van der Waals surface area contributed by atoms with Crippen molar-refractivity contribution in [2.24, 2.45) is 5.92 Å². The fourth-order valence-electron chi connectivity index (χ4n) is 2.40. The first-order valence-corrected chi connectivity index (χ1v) is 6.67. The lowest BCUT2D eigenvalue weighted by molar-refractivity contribution is -0.123. The van der Waals surface area contributed by atoms with Gasteiger partial charge in [-0.3, -0.25) is 4.79 Å². The van der Waals surface area contributed by atoms with Crippen LogP contribution in [0.1, 0.15) is 33.1 Å². The molecule has 0 aromatic carbocycles. The zero-order valence-corrected chi connectivity index (χ0v) is 11.6. The van der Waals surface area contributed by atoms with Crippen molar-refractivity contribution in [3.8, 4) is 0 Å². The van der Waals surface area contributed by atoms with E-state index in [1.54, 1.807) is 0 Å². The van der Waals surface area contributed by atoms with E-state index >= 15 is 0 Å². The van der Waals surface area contributed by atoms with Gasteiger partial charge < -0.3 is 15.5 Å². The molecule has 1 amide bonds. The monoisotopic (exact) mass is 241 g/mol. The summed E-state index contributed by atoms with van der Waals surface area (Å²) in [7, 11) is 4.10. The Morgan fingerprint density at radius 2 is 2.18 bits per heavy atom. The van der Waals surface area contributed by atoms with Gasteiger partial charge in [-0.2, -0.15) is 0 Å². The van der Waals surface area contributed by atoms with Gasteiger partial charge in [0.15, 0.2) is 0 Å². The van der Waals surface area contributed by atoms with E-state index in [1.165, 1.54) is 0 Å². The average molecular weight is 241 g/mol. The molecule has 17 heavy (non-hydrogen) atoms. The molecule has 2 N–H and O–H groups in total. The number of carbonyl (C=O) groups is 1. The van der Waals surface area contributed by atoms with Crippen molar-refractivity contribution in [3.05, 3.63) is 0 Å². The normalized spacial score (nSPS) is 22.1. The predicted octanol–water partition coefficient (Wildman–Crippen LogP) is 0.831. The van der Waals surface area contributed by atoms with E-state index in [1.807, 2.05) is 14.1 Å². The van der Waals surface area contributed by atoms with Crippen LogP contribution in [0.5, 0.6) is 0 Å². The van der Waals surface area contributed by atoms with Crippen LogP contribution in [0.3, 0.4) is 0 Å². The molecule has 1 unspecified atom stereocenters. The Hall–Kier alpha value is -0.610. The summed E-state index contributed by atoms with van der Waals surface area (Å²) in [5.41, 5.74) is 0. The van der Waals surface area contributed by atoms with Crippen molar-refractivity contribution in [2.75, 3.05) is 27.2 Å². The van der Waals surface area contributed by atoms with Crippen molar-refractivity contribution in [1.82, 2.24) is 15.5 Å². The van der Waals surface area contributed by atoms with Gasteiger partial charge in [-0.15, -0.1) is 0 Å². The lowest BCUT2D eigenvalue weighted by Crippen LogP contribution is -2.48. The fourth-order valence-corrected chi connectivity index (χ4v) is 2.40. The van der Waals surface area contributed by atoms with E-state index in [-0.39, 0.29) is 18.0 Å². The lowest BCUT2D eigenvalue weighted by Gasteiger charge is -2.25. The van der Waals surface area contributed by atoms with Gasteiger partial charge in [0.1, 0.15) is 0 Å². The SMILES string of the molecule is CC(C)CC(CN(C)C)NC(=O)[C@@H]1CCCN1. The highest BCUT2D eigenvalue weighted by molar-refractivity contribution is 5.82. The maximum atomic E-state index is 12.0. The summed E-state index contributed by atoms with van der Waals surface area (Å²) in [5.74, 6) is 0.784. The molecule has 0 radical (unpaired) electrons. The number of rotatable bonds is 6. The van der Waals surface area contributed by atoms with Crippen LogP contribution >= 0.6 is 0 Å². The molecular formula is C13H27N3O. The molecular weight excluding hydrogens is 214 g/mol. The minimum atomic E-state index is 0.0341. The van der Waals surface area contributed by atoms with Crippen molar-refractivity contribution in [2.45, 2.75) is 45.2 Å². The summed E-state index contributed by atoms with van der Waals surface area (Å²) in [6.07, 6.45) is 3.12. The second kappa shape index (κ2) is 6.97. The highest BCUT2D eigenvalue weighted by Gasteiger charge is 2.24. The third kappa shape index (κ3) is 5.50. The van der Waals surface area contributed by atoms with Crippen LogP contribution in [-0.4, -0.2) is 50.1 Å². The minimum absolute atomic E-state index is 0.0341. The Labute approximate surface area is 105 Å². The smallest absolute Gasteiger partial charge is 0.237 e. The number of amides is 1. The summed E-state index contributed by atoms with van der Waals surface area (Å²) in [5, 5.41) is 6.42. The first-order valence-electron chi connectivity index (χ1n) is 6.67. The van der Waals surface area contributed by atoms with E-state index < -0.39 is 0 Å². The third-order valence-corrected chi connectivity index (χ3v) is 3.06. The number of carbonyl (C=O) groups excluding carboxylic acids is 1. The highest BCUT2D eigenvalue weighted by Crippen LogP contribution is 2.09. The van der Waals surface area contributed by atoms with Crippen molar-refractivity contribution < 1.29 is 4.79 Å². The standard InChI is InChI=1S/C13H27N3O/c1-10(2)8-11(9-16(3)4)15-13(17)12-6-5-7-14-12/h10-12,14H,5-9H2,1-4H3,(H,15,17)/t11?,12-/m0/s1. The quantitative estimate of drug-likeness (QED) is 0.724. The molecule has 0 saturated carbocycles. The highest BCUT2D eigenvalue weighted by atomic mass is 16.2. The third-order valence-electron chi connectivity index (χ3n) is 3.06. The molecule has 0 aromatic rings. The first-order chi connectivity index (χ1) is 7.99. The predicted molar refractivity (Wildman–Crippen MR) is 71.0 cm³/mol. The summed E-state index contributed by atoms with van der Waals surface area (Å²) >= 11 is 0. The van der Waals surface area contributed by atoms with Gasteiger partial charge in [-0.05, 0) is 45.8 Å². The van der Waals surface area contributed by atoms with E-state index in [0.29, 0.717) is 5.92 Å². The summed E-state index contributed by atoms with van der Waals surface area (Å²) in [6, 6.07) is 0.298. The number of nitrogens with one attached hydrogen (secondary N) is 2. The summed E-state index contributed by atoms with van der Waals surface area (Å²) in [6.45, 7) is 6.28. The first kappa shape index (κ1) is 14.5. The number of nitrogens with zero attached hydrogens (tertiary/aromatic N) is 1. The lowest BCUT2D eigenvalue weighted by atomic mass is 10.0. The molecule has 0 aliphatic carbocycles. The van der Waals surface area contributed by atoms with Gasteiger partial charge in [0.05, 0.1) is 6.04 Å². The van der Waals surface area contributed by atoms with Crippen LogP contribution in [0.15, 0.2) is 0 Å². The zero-order valence-electron chi connectivity index (χ0n) is 11.6. The van der Waals surface area contributed by atoms with Gasteiger partial charge in [0, 0.05) is 12.6 Å². The molecule has 0 bridgehead atoms. The van der Waals surface area contributed by atoms with Gasteiger partial charge >= 0.3 is 0 Å². The molecule has 1 heterocycles. The van der Waals surface area contributed by atoms with Crippen LogP contribution < -0.4 is 10.6 Å². The Balaban J connectivity index is 2.43. The maximum absolute atomic E-state index is 12.0. The molecule has 1 aliphatic rings. The Bertz CT molecular complexity index is 225. The second-order valence-electron chi connectivity index (χ2n) is 5.75. The summed E-state index contributed by atoms with van der Waals surface area (Å²) in [4.78, 5) is 14.2. The topological polar surface area (TPSA) is 44.4 Å². The summed E-state index contributed by atoms with van der Waals surface area (Å²) < 4.78 is 0. The van der Waals surface area contributed by atoms with Crippen LogP contribution in [0.4, 0.5) is 0 Å². The molecule has 1 saturated heterocycles. The number of hydrogen-bond acceptors (Lipinski definition) is 3. The van der Waals surface area contributed by atoms with Crippen molar-refractivity contribution in [3.63, 3.8) is 0 Å². The Kier molecular flexibility index (Phi) is 5.92. The van der Waals surface area contributed by atoms with E-state index in [0.717, 1.165) is 32.4 Å². The number of hydrogen-bond donors (Lipinski definition) is 2. The van der Waals surface area contributed by atoms with E-state index in [2.05, 4.69) is 29.4 Å². The van der Waals surface area contributed by atoms with Gasteiger partial charge in [-0.25, -0.2) is 0 Å². The average Bonchev–Trinajstić information content (AvgIpc) is 2.67. The Morgan fingerprint density at radius 3 is 2.65 bits per heavy atom. The molecule has 1 aliphatic heterocycles. The molecule has 4 heteroatoms. The fraction of sp³-hybridized carbons (Fsp3) is 0.923. The molecule has 1 fully saturated rings. The van der Waals surface area contributed by atoms with Gasteiger partial charge in [0.2, 0.25) is 5.91 Å². The minimum Gasteiger partial charge on any atom is -0.351 e. The Morgan fingerprint density at radius 1 is 1.47 bits per heavy atom. The van der Waals surface area contributed by atoms with Crippen LogP contribution in [0.2, 0.25) is 0 Å². The van der Waals surface area contributed by atoms with Crippen molar-refractivity contribution in [1.29, 1.82) is 0 Å². The molecule has 100 valence electrons. The maximum Gasteiger partial charge on any atom is 0.237 e. The van der Waals surface area contributed by atoms with Crippen LogP contribution in [-0.2, 0) is 4.79 Å².